The fourth-order valence-corrected chi connectivity index (χ4v) is 6.17. The number of benzene rings is 2. The first-order valence-electron chi connectivity index (χ1n) is 14.5. The van der Waals surface area contributed by atoms with Crippen molar-refractivity contribution in [1.82, 2.24) is 0 Å². The van der Waals surface area contributed by atoms with Crippen molar-refractivity contribution in [2.45, 2.75) is 78.1 Å². The first-order chi connectivity index (χ1) is 18.2. The van der Waals surface area contributed by atoms with Gasteiger partial charge in [0.2, 0.25) is 5.69 Å². The summed E-state index contributed by atoms with van der Waals surface area (Å²) in [6.07, 6.45) is 20.5. The summed E-state index contributed by atoms with van der Waals surface area (Å²) in [7, 11) is 2.17. The van der Waals surface area contributed by atoms with Gasteiger partial charge in [-0.1, -0.05) is 114 Å². The Hall–Kier alpha value is -3.13. The summed E-state index contributed by atoms with van der Waals surface area (Å²) in [4.78, 5) is 2.56. The van der Waals surface area contributed by atoms with Crippen molar-refractivity contribution in [2.75, 3.05) is 18.5 Å². The van der Waals surface area contributed by atoms with E-state index >= 15 is 0 Å². The fourth-order valence-electron chi connectivity index (χ4n) is 6.17. The second kappa shape index (κ2) is 11.7. The Morgan fingerprint density at radius 3 is 2.16 bits per heavy atom. The minimum absolute atomic E-state index is 0.00672. The van der Waals surface area contributed by atoms with E-state index < -0.39 is 0 Å². The molecule has 38 heavy (non-hydrogen) atoms. The third-order valence-corrected chi connectivity index (χ3v) is 8.36. The van der Waals surface area contributed by atoms with E-state index in [1.54, 1.807) is 0 Å². The van der Waals surface area contributed by atoms with E-state index in [0.29, 0.717) is 0 Å². The number of unbranched alkanes of at least 4 members (excludes halogenated alkanes) is 2. The molecule has 2 nitrogen and oxygen atoms in total. The first kappa shape index (κ1) is 27.9. The molecule has 2 heterocycles. The molecule has 2 aromatic carbocycles. The van der Waals surface area contributed by atoms with E-state index in [1.807, 2.05) is 0 Å². The van der Waals surface area contributed by atoms with Gasteiger partial charge in [-0.25, -0.2) is 0 Å². The third kappa shape index (κ3) is 5.65. The standard InChI is InChI=1S/C36H47N2/c1-28(2)20-12-11-19-27-38-32-24-18-16-22-30(32)36(5,6)34(38)26-14-10-8-9-13-25-33-35(3,4)29-21-15-17-23-31(29)37(33)7/h8-10,13-18,21-26,28H,11-12,19-20,27H2,1-7H3/q+1. The summed E-state index contributed by atoms with van der Waals surface area (Å²) in [5, 5.41) is 0. The molecule has 2 heteroatoms. The Morgan fingerprint density at radius 1 is 0.763 bits per heavy atom. The lowest BCUT2D eigenvalue weighted by atomic mass is 9.81. The van der Waals surface area contributed by atoms with Crippen molar-refractivity contribution < 1.29 is 4.58 Å². The molecule has 2 aliphatic rings. The maximum absolute atomic E-state index is 2.56. The summed E-state index contributed by atoms with van der Waals surface area (Å²) in [5.74, 6) is 0.797. The van der Waals surface area contributed by atoms with Gasteiger partial charge in [-0.15, -0.1) is 0 Å². The molecular weight excluding hydrogens is 460 g/mol. The van der Waals surface area contributed by atoms with Crippen LogP contribution >= 0.6 is 0 Å². The zero-order valence-corrected chi connectivity index (χ0v) is 24.7. The van der Waals surface area contributed by atoms with Gasteiger partial charge in [0, 0.05) is 41.1 Å². The van der Waals surface area contributed by atoms with Crippen LogP contribution < -0.4 is 4.90 Å². The molecule has 0 bridgehead atoms. The van der Waals surface area contributed by atoms with Crippen LogP contribution in [0.25, 0.3) is 0 Å². The quantitative estimate of drug-likeness (QED) is 0.176. The van der Waals surface area contributed by atoms with Crippen molar-refractivity contribution in [3.63, 3.8) is 0 Å². The molecule has 0 saturated heterocycles. The number of rotatable bonds is 10. The van der Waals surface area contributed by atoms with E-state index in [1.165, 1.54) is 59.6 Å². The Labute approximate surface area is 231 Å². The van der Waals surface area contributed by atoms with Gasteiger partial charge in [0.15, 0.2) is 5.71 Å². The molecule has 0 atom stereocenters. The van der Waals surface area contributed by atoms with Crippen LogP contribution in [0.4, 0.5) is 11.4 Å². The lowest BCUT2D eigenvalue weighted by molar-refractivity contribution is -0.401. The maximum Gasteiger partial charge on any atom is 0.209 e. The largest absolute Gasteiger partial charge is 0.344 e. The molecule has 0 fully saturated rings. The van der Waals surface area contributed by atoms with Crippen LogP contribution in [0, 0.1) is 5.92 Å². The molecule has 4 rings (SSSR count). The lowest BCUT2D eigenvalue weighted by Crippen LogP contribution is -2.27. The minimum atomic E-state index is 0.00672. The Morgan fingerprint density at radius 2 is 1.42 bits per heavy atom. The predicted octanol–water partition coefficient (Wildman–Crippen LogP) is 9.26. The topological polar surface area (TPSA) is 6.25 Å². The van der Waals surface area contributed by atoms with E-state index in [9.17, 15) is 0 Å². The molecule has 0 amide bonds. The summed E-state index contributed by atoms with van der Waals surface area (Å²) in [6.45, 7) is 15.1. The van der Waals surface area contributed by atoms with Gasteiger partial charge >= 0.3 is 0 Å². The molecule has 0 aromatic heterocycles. The lowest BCUT2D eigenvalue weighted by Gasteiger charge is -2.27. The highest BCUT2D eigenvalue weighted by Gasteiger charge is 2.42. The zero-order chi connectivity index (χ0) is 27.3. The van der Waals surface area contributed by atoms with Gasteiger partial charge in [-0.2, -0.15) is 4.58 Å². The van der Waals surface area contributed by atoms with Crippen molar-refractivity contribution in [3.8, 4) is 0 Å². The highest BCUT2D eigenvalue weighted by Crippen LogP contribution is 2.47. The van der Waals surface area contributed by atoms with Gasteiger partial charge in [0.25, 0.3) is 0 Å². The summed E-state index contributed by atoms with van der Waals surface area (Å²) < 4.78 is 2.32. The van der Waals surface area contributed by atoms with Crippen molar-refractivity contribution in [2.24, 2.45) is 5.92 Å². The number of para-hydroxylation sites is 2. The normalized spacial score (nSPS) is 19.2. The Bertz CT molecular complexity index is 1280. The zero-order valence-electron chi connectivity index (χ0n) is 24.7. The number of allylic oxidation sites excluding steroid dienone is 8. The van der Waals surface area contributed by atoms with Crippen LogP contribution in [0.15, 0.2) is 96.8 Å². The SMILES string of the molecule is CC(C)CCCCCN1/C(=C/C=C/C=C/C=C/C2=[N+](C)c3ccccc3C2(C)C)C(C)(C)c2ccccc21. The van der Waals surface area contributed by atoms with Gasteiger partial charge in [-0.05, 0) is 43.9 Å². The van der Waals surface area contributed by atoms with Crippen molar-refractivity contribution in [1.29, 1.82) is 0 Å². The second-order valence-corrected chi connectivity index (χ2v) is 12.3. The maximum atomic E-state index is 2.56. The first-order valence-corrected chi connectivity index (χ1v) is 14.5. The molecule has 0 radical (unpaired) electrons. The summed E-state index contributed by atoms with van der Waals surface area (Å²) in [5.41, 5.74) is 8.24. The van der Waals surface area contributed by atoms with Crippen LogP contribution in [0.5, 0.6) is 0 Å². The predicted molar refractivity (Wildman–Crippen MR) is 166 cm³/mol. The molecule has 0 unspecified atom stereocenters. The smallest absolute Gasteiger partial charge is 0.209 e. The van der Waals surface area contributed by atoms with E-state index in [0.717, 1.165) is 12.5 Å². The average molecular weight is 508 g/mol. The highest BCUT2D eigenvalue weighted by atomic mass is 15.2. The van der Waals surface area contributed by atoms with Gasteiger partial charge in [-0.3, -0.25) is 0 Å². The van der Waals surface area contributed by atoms with Crippen LogP contribution in [0.3, 0.4) is 0 Å². The van der Waals surface area contributed by atoms with Gasteiger partial charge in [0.1, 0.15) is 7.05 Å². The Kier molecular flexibility index (Phi) is 8.61. The molecule has 0 spiro atoms. The number of nitrogens with zero attached hydrogens (tertiary/aromatic N) is 2. The minimum Gasteiger partial charge on any atom is -0.344 e. The molecule has 200 valence electrons. The number of hydrogen-bond donors (Lipinski definition) is 0. The summed E-state index contributed by atoms with van der Waals surface area (Å²) in [6, 6.07) is 17.7. The number of hydrogen-bond acceptors (Lipinski definition) is 1. The summed E-state index contributed by atoms with van der Waals surface area (Å²) >= 11 is 0. The van der Waals surface area contributed by atoms with E-state index in [2.05, 4.69) is 149 Å². The van der Waals surface area contributed by atoms with E-state index in [-0.39, 0.29) is 10.8 Å². The van der Waals surface area contributed by atoms with Gasteiger partial charge in [0.05, 0.1) is 5.41 Å². The highest BCUT2D eigenvalue weighted by molar-refractivity contribution is 6.03. The second-order valence-electron chi connectivity index (χ2n) is 12.3. The Balaban J connectivity index is 1.44. The molecule has 0 saturated carbocycles. The van der Waals surface area contributed by atoms with Crippen LogP contribution in [-0.4, -0.2) is 23.9 Å². The fraction of sp³-hybridized carbons (Fsp3) is 0.417. The van der Waals surface area contributed by atoms with Crippen molar-refractivity contribution in [3.05, 3.63) is 108 Å². The van der Waals surface area contributed by atoms with Crippen LogP contribution in [0.2, 0.25) is 0 Å². The average Bonchev–Trinajstić information content (AvgIpc) is 3.22. The van der Waals surface area contributed by atoms with Gasteiger partial charge < -0.3 is 4.90 Å². The molecule has 2 aliphatic heterocycles. The van der Waals surface area contributed by atoms with Crippen molar-refractivity contribution >= 4 is 17.1 Å². The molecular formula is C36H47N2+. The molecule has 0 N–H and O–H groups in total. The van der Waals surface area contributed by atoms with Crippen LogP contribution in [0.1, 0.15) is 78.4 Å². The monoisotopic (exact) mass is 507 g/mol. The van der Waals surface area contributed by atoms with Crippen LogP contribution in [-0.2, 0) is 10.8 Å². The molecule has 2 aromatic rings. The number of fused-ring (bicyclic) bond motifs is 2. The third-order valence-electron chi connectivity index (χ3n) is 8.36. The van der Waals surface area contributed by atoms with E-state index in [4.69, 9.17) is 0 Å². The number of anilines is 1. The molecule has 0 aliphatic carbocycles.